The number of hydrogen-bond acceptors (Lipinski definition) is 3. The lowest BCUT2D eigenvalue weighted by Gasteiger charge is -2.31. The largest absolute Gasteiger partial charge is 0.316 e. The molecule has 1 saturated heterocycles. The molecule has 0 bridgehead atoms. The predicted octanol–water partition coefficient (Wildman–Crippen LogP) is 2.21. The van der Waals surface area contributed by atoms with Gasteiger partial charge in [0, 0.05) is 25.3 Å². The minimum absolute atomic E-state index is 0.471. The van der Waals surface area contributed by atoms with Crippen LogP contribution in [0.3, 0.4) is 0 Å². The third kappa shape index (κ3) is 3.30. The molecular weight excluding hydrogens is 222 g/mol. The molecule has 2 rings (SSSR count). The topological polar surface area (TPSA) is 28.2 Å². The number of nitrogens with one attached hydrogen (secondary N) is 1. The molecule has 1 N–H and O–H groups in total. The van der Waals surface area contributed by atoms with Crippen molar-refractivity contribution in [3.63, 3.8) is 0 Å². The molecule has 0 amide bonds. The van der Waals surface area contributed by atoms with Gasteiger partial charge in [-0.2, -0.15) is 0 Å². The Labute approximate surface area is 111 Å². The molecule has 1 aliphatic rings. The fraction of sp³-hybridized carbons (Fsp3) is 0.667. The van der Waals surface area contributed by atoms with E-state index >= 15 is 0 Å². The predicted molar refractivity (Wildman–Crippen MR) is 75.5 cm³/mol. The molecule has 0 aromatic carbocycles. The van der Waals surface area contributed by atoms with Crippen LogP contribution in [0.25, 0.3) is 0 Å². The van der Waals surface area contributed by atoms with Crippen LogP contribution in [-0.4, -0.2) is 36.6 Å². The minimum atomic E-state index is 0.471. The van der Waals surface area contributed by atoms with Crippen molar-refractivity contribution in [2.24, 2.45) is 5.41 Å². The van der Waals surface area contributed by atoms with Crippen molar-refractivity contribution in [1.82, 2.24) is 15.2 Å². The van der Waals surface area contributed by atoms with Crippen LogP contribution in [0.1, 0.15) is 31.2 Å². The van der Waals surface area contributed by atoms with E-state index < -0.39 is 0 Å². The van der Waals surface area contributed by atoms with E-state index in [1.165, 1.54) is 25.1 Å². The third-order valence-electron chi connectivity index (χ3n) is 4.07. The van der Waals surface area contributed by atoms with E-state index in [9.17, 15) is 0 Å². The van der Waals surface area contributed by atoms with Gasteiger partial charge in [0.25, 0.3) is 0 Å². The van der Waals surface area contributed by atoms with Crippen LogP contribution < -0.4 is 5.32 Å². The van der Waals surface area contributed by atoms with Gasteiger partial charge in [-0.15, -0.1) is 0 Å². The van der Waals surface area contributed by atoms with Crippen molar-refractivity contribution >= 4 is 0 Å². The second kappa shape index (κ2) is 5.81. The van der Waals surface area contributed by atoms with Crippen LogP contribution in [-0.2, 0) is 6.54 Å². The Hall–Kier alpha value is -0.930. The van der Waals surface area contributed by atoms with Crippen molar-refractivity contribution in [1.29, 1.82) is 0 Å². The molecule has 1 aliphatic heterocycles. The van der Waals surface area contributed by atoms with Crippen LogP contribution in [0.4, 0.5) is 0 Å². The van der Waals surface area contributed by atoms with Crippen molar-refractivity contribution in [2.75, 3.05) is 26.7 Å². The highest BCUT2D eigenvalue weighted by Crippen LogP contribution is 2.30. The normalized spacial score (nSPS) is 23.8. The Morgan fingerprint density at radius 3 is 2.89 bits per heavy atom. The fourth-order valence-electron chi connectivity index (χ4n) is 2.94. The first-order valence-electron chi connectivity index (χ1n) is 6.95. The second-order valence-corrected chi connectivity index (χ2v) is 5.72. The molecule has 3 nitrogen and oxygen atoms in total. The maximum atomic E-state index is 4.58. The van der Waals surface area contributed by atoms with Crippen molar-refractivity contribution in [3.8, 4) is 0 Å². The average Bonchev–Trinajstić information content (AvgIpc) is 2.78. The summed E-state index contributed by atoms with van der Waals surface area (Å²) < 4.78 is 0. The molecule has 0 aliphatic carbocycles. The quantitative estimate of drug-likeness (QED) is 0.864. The summed E-state index contributed by atoms with van der Waals surface area (Å²) in [6, 6.07) is 6.27. The summed E-state index contributed by atoms with van der Waals surface area (Å²) in [6.07, 6.45) is 2.56. The number of pyridine rings is 1. The molecule has 1 unspecified atom stereocenters. The molecule has 1 aromatic heterocycles. The Morgan fingerprint density at radius 1 is 1.44 bits per heavy atom. The van der Waals surface area contributed by atoms with Gasteiger partial charge >= 0.3 is 0 Å². The first-order valence-corrected chi connectivity index (χ1v) is 6.95. The summed E-state index contributed by atoms with van der Waals surface area (Å²) >= 11 is 0. The van der Waals surface area contributed by atoms with E-state index in [1.54, 1.807) is 0 Å². The zero-order valence-electron chi connectivity index (χ0n) is 11.9. The first kappa shape index (κ1) is 13.5. The van der Waals surface area contributed by atoms with Gasteiger partial charge in [-0.05, 0) is 50.9 Å². The van der Waals surface area contributed by atoms with E-state index in [1.807, 2.05) is 0 Å². The van der Waals surface area contributed by atoms with E-state index in [2.05, 4.69) is 54.3 Å². The smallest absolute Gasteiger partial charge is 0.0547 e. The number of rotatable bonds is 5. The molecule has 3 heteroatoms. The van der Waals surface area contributed by atoms with Gasteiger partial charge in [-0.3, -0.25) is 9.88 Å². The highest BCUT2D eigenvalue weighted by molar-refractivity contribution is 5.09. The van der Waals surface area contributed by atoms with Crippen LogP contribution >= 0.6 is 0 Å². The van der Waals surface area contributed by atoms with Gasteiger partial charge in [0.1, 0.15) is 0 Å². The van der Waals surface area contributed by atoms with Crippen molar-refractivity contribution in [2.45, 2.75) is 33.2 Å². The van der Waals surface area contributed by atoms with Crippen LogP contribution in [0.2, 0.25) is 0 Å². The summed E-state index contributed by atoms with van der Waals surface area (Å²) in [5, 5.41) is 3.50. The highest BCUT2D eigenvalue weighted by atomic mass is 15.1. The molecule has 0 saturated carbocycles. The van der Waals surface area contributed by atoms with E-state index in [4.69, 9.17) is 0 Å². The van der Waals surface area contributed by atoms with E-state index in [-0.39, 0.29) is 0 Å². The van der Waals surface area contributed by atoms with Gasteiger partial charge in [0.05, 0.1) is 5.69 Å². The molecule has 1 aromatic rings. The minimum Gasteiger partial charge on any atom is -0.316 e. The molecule has 0 radical (unpaired) electrons. The number of aryl methyl sites for hydroxylation is 1. The number of nitrogens with zero attached hydrogens (tertiary/aromatic N) is 2. The lowest BCUT2D eigenvalue weighted by Crippen LogP contribution is -2.36. The molecule has 1 atom stereocenters. The zero-order chi connectivity index (χ0) is 13.0. The van der Waals surface area contributed by atoms with Crippen LogP contribution in [0, 0.1) is 12.3 Å². The van der Waals surface area contributed by atoms with E-state index in [0.29, 0.717) is 5.41 Å². The zero-order valence-corrected chi connectivity index (χ0v) is 11.9. The van der Waals surface area contributed by atoms with Gasteiger partial charge in [0.15, 0.2) is 0 Å². The average molecular weight is 247 g/mol. The Bertz CT molecular complexity index is 383. The maximum Gasteiger partial charge on any atom is 0.0547 e. The summed E-state index contributed by atoms with van der Waals surface area (Å²) in [7, 11) is 2.21. The lowest BCUT2D eigenvalue weighted by molar-refractivity contribution is 0.178. The standard InChI is InChI=1S/C15H25N3/c1-4-15(8-9-16-11-15)12-18(3)10-14-7-5-6-13(2)17-14/h5-7,16H,4,8-12H2,1-3H3. The lowest BCUT2D eigenvalue weighted by atomic mass is 9.84. The summed E-state index contributed by atoms with van der Waals surface area (Å²) in [4.78, 5) is 6.99. The van der Waals surface area contributed by atoms with Crippen LogP contribution in [0.5, 0.6) is 0 Å². The molecule has 18 heavy (non-hydrogen) atoms. The van der Waals surface area contributed by atoms with E-state index in [0.717, 1.165) is 25.3 Å². The molecular formula is C15H25N3. The monoisotopic (exact) mass is 247 g/mol. The van der Waals surface area contributed by atoms with Gasteiger partial charge in [-0.1, -0.05) is 13.0 Å². The fourth-order valence-corrected chi connectivity index (χ4v) is 2.94. The van der Waals surface area contributed by atoms with Gasteiger partial charge in [0.2, 0.25) is 0 Å². The van der Waals surface area contributed by atoms with Crippen molar-refractivity contribution < 1.29 is 0 Å². The molecule has 100 valence electrons. The van der Waals surface area contributed by atoms with Gasteiger partial charge < -0.3 is 5.32 Å². The Kier molecular flexibility index (Phi) is 4.36. The summed E-state index contributed by atoms with van der Waals surface area (Å²) in [5.74, 6) is 0. The highest BCUT2D eigenvalue weighted by Gasteiger charge is 2.32. The Balaban J connectivity index is 1.93. The Morgan fingerprint density at radius 2 is 2.28 bits per heavy atom. The first-order chi connectivity index (χ1) is 8.63. The summed E-state index contributed by atoms with van der Waals surface area (Å²) in [6.45, 7) is 8.80. The van der Waals surface area contributed by atoms with Crippen LogP contribution in [0.15, 0.2) is 18.2 Å². The third-order valence-corrected chi connectivity index (χ3v) is 4.07. The van der Waals surface area contributed by atoms with Crippen molar-refractivity contribution in [3.05, 3.63) is 29.6 Å². The molecule has 1 fully saturated rings. The van der Waals surface area contributed by atoms with Gasteiger partial charge in [-0.25, -0.2) is 0 Å². The SMILES string of the molecule is CCC1(CN(C)Cc2cccc(C)n2)CCNC1. The number of hydrogen-bond donors (Lipinski definition) is 1. The second-order valence-electron chi connectivity index (χ2n) is 5.72. The number of aromatic nitrogens is 1. The molecule has 0 spiro atoms. The molecule has 2 heterocycles. The summed E-state index contributed by atoms with van der Waals surface area (Å²) in [5.41, 5.74) is 2.75. The maximum absolute atomic E-state index is 4.58.